The van der Waals surface area contributed by atoms with Crippen molar-refractivity contribution in [3.8, 4) is 11.5 Å². The largest absolute Gasteiger partial charge is 0.497 e. The van der Waals surface area contributed by atoms with Crippen LogP contribution in [0.15, 0.2) is 42.5 Å². The molecule has 104 valence electrons. The highest BCUT2D eigenvalue weighted by molar-refractivity contribution is 5.93. The van der Waals surface area contributed by atoms with Gasteiger partial charge in [0.15, 0.2) is 5.75 Å². The van der Waals surface area contributed by atoms with Gasteiger partial charge in [0.2, 0.25) is 0 Å². The molecule has 0 heterocycles. The Bertz CT molecular complexity index is 608. The Morgan fingerprint density at radius 2 is 1.90 bits per heavy atom. The summed E-state index contributed by atoms with van der Waals surface area (Å²) in [7, 11) is 1.59. The standard InChI is InChI=1S/C15H15NO4/c1-19-11-7-5-10(6-8-11)9-20-14-12(15(17)18)3-2-4-13(14)16/h2-8H,9,16H2,1H3,(H,17,18). The first-order valence-corrected chi connectivity index (χ1v) is 5.99. The van der Waals surface area contributed by atoms with E-state index in [1.807, 2.05) is 24.3 Å². The van der Waals surface area contributed by atoms with Crippen molar-refractivity contribution in [2.75, 3.05) is 12.8 Å². The molecule has 0 aliphatic carbocycles. The summed E-state index contributed by atoms with van der Waals surface area (Å²) in [6.45, 7) is 0.235. The third-order valence-electron chi connectivity index (χ3n) is 2.82. The second-order valence-corrected chi connectivity index (χ2v) is 4.17. The van der Waals surface area contributed by atoms with Crippen molar-refractivity contribution < 1.29 is 19.4 Å². The highest BCUT2D eigenvalue weighted by atomic mass is 16.5. The molecule has 5 nitrogen and oxygen atoms in total. The van der Waals surface area contributed by atoms with Gasteiger partial charge in [0.1, 0.15) is 17.9 Å². The van der Waals surface area contributed by atoms with Gasteiger partial charge < -0.3 is 20.3 Å². The fourth-order valence-electron chi connectivity index (χ4n) is 1.76. The first kappa shape index (κ1) is 13.7. The lowest BCUT2D eigenvalue weighted by Gasteiger charge is -2.11. The quantitative estimate of drug-likeness (QED) is 0.818. The van der Waals surface area contributed by atoms with E-state index in [1.165, 1.54) is 6.07 Å². The fourth-order valence-corrected chi connectivity index (χ4v) is 1.76. The average molecular weight is 273 g/mol. The Morgan fingerprint density at radius 3 is 2.50 bits per heavy atom. The molecular formula is C15H15NO4. The molecular weight excluding hydrogens is 258 g/mol. The van der Waals surface area contributed by atoms with Crippen molar-refractivity contribution in [2.45, 2.75) is 6.61 Å². The summed E-state index contributed by atoms with van der Waals surface area (Å²) in [6.07, 6.45) is 0. The van der Waals surface area contributed by atoms with E-state index >= 15 is 0 Å². The molecule has 0 atom stereocenters. The van der Waals surface area contributed by atoms with Gasteiger partial charge in [-0.05, 0) is 29.8 Å². The molecule has 0 saturated carbocycles. The number of methoxy groups -OCH3 is 1. The van der Waals surface area contributed by atoms with Gasteiger partial charge in [0.05, 0.1) is 12.8 Å². The Labute approximate surface area is 116 Å². The lowest BCUT2D eigenvalue weighted by Crippen LogP contribution is -2.06. The topological polar surface area (TPSA) is 81.8 Å². The summed E-state index contributed by atoms with van der Waals surface area (Å²) in [6, 6.07) is 12.0. The van der Waals surface area contributed by atoms with Gasteiger partial charge in [-0.1, -0.05) is 18.2 Å². The zero-order chi connectivity index (χ0) is 14.5. The highest BCUT2D eigenvalue weighted by Gasteiger charge is 2.13. The second kappa shape index (κ2) is 5.97. The van der Waals surface area contributed by atoms with Crippen LogP contribution < -0.4 is 15.2 Å². The highest BCUT2D eigenvalue weighted by Crippen LogP contribution is 2.27. The number of hydrogen-bond acceptors (Lipinski definition) is 4. The number of para-hydroxylation sites is 1. The SMILES string of the molecule is COc1ccc(COc2c(N)cccc2C(=O)O)cc1. The number of hydrogen-bond donors (Lipinski definition) is 2. The van der Waals surface area contributed by atoms with Crippen LogP contribution in [0.5, 0.6) is 11.5 Å². The van der Waals surface area contributed by atoms with Gasteiger partial charge >= 0.3 is 5.97 Å². The van der Waals surface area contributed by atoms with Crippen molar-refractivity contribution in [3.05, 3.63) is 53.6 Å². The maximum absolute atomic E-state index is 11.1. The lowest BCUT2D eigenvalue weighted by molar-refractivity contribution is 0.0692. The number of carboxylic acid groups (broad SMARTS) is 1. The van der Waals surface area contributed by atoms with Crippen molar-refractivity contribution in [2.24, 2.45) is 0 Å². The number of benzene rings is 2. The van der Waals surface area contributed by atoms with E-state index in [1.54, 1.807) is 19.2 Å². The third kappa shape index (κ3) is 3.00. The monoisotopic (exact) mass is 273 g/mol. The molecule has 20 heavy (non-hydrogen) atoms. The molecule has 0 aromatic heterocycles. The Balaban J connectivity index is 2.16. The number of nitrogen functional groups attached to an aromatic ring is 1. The van der Waals surface area contributed by atoms with Crippen molar-refractivity contribution in [1.29, 1.82) is 0 Å². The lowest BCUT2D eigenvalue weighted by atomic mass is 10.1. The molecule has 3 N–H and O–H groups in total. The summed E-state index contributed by atoms with van der Waals surface area (Å²) in [5, 5.41) is 9.10. The van der Waals surface area contributed by atoms with Crippen LogP contribution in [0.1, 0.15) is 15.9 Å². The molecule has 0 fully saturated rings. The number of aromatic carboxylic acids is 1. The van der Waals surface area contributed by atoms with Crippen LogP contribution in [0.3, 0.4) is 0 Å². The van der Waals surface area contributed by atoms with Crippen LogP contribution in [0.4, 0.5) is 5.69 Å². The minimum Gasteiger partial charge on any atom is -0.497 e. The second-order valence-electron chi connectivity index (χ2n) is 4.17. The molecule has 0 aliphatic heterocycles. The minimum atomic E-state index is -1.07. The van der Waals surface area contributed by atoms with Gasteiger partial charge in [-0.25, -0.2) is 4.79 Å². The van der Waals surface area contributed by atoms with Crippen LogP contribution in [0, 0.1) is 0 Å². The smallest absolute Gasteiger partial charge is 0.339 e. The van der Waals surface area contributed by atoms with E-state index in [0.717, 1.165) is 11.3 Å². The molecule has 0 bridgehead atoms. The van der Waals surface area contributed by atoms with Gasteiger partial charge in [-0.2, -0.15) is 0 Å². The van der Waals surface area contributed by atoms with E-state index < -0.39 is 5.97 Å². The number of carboxylic acids is 1. The number of nitrogens with two attached hydrogens (primary N) is 1. The molecule has 2 aromatic carbocycles. The molecule has 2 rings (SSSR count). The summed E-state index contributed by atoms with van der Waals surface area (Å²) < 4.78 is 10.6. The maximum atomic E-state index is 11.1. The average Bonchev–Trinajstić information content (AvgIpc) is 2.46. The predicted molar refractivity (Wildman–Crippen MR) is 75.1 cm³/mol. The molecule has 0 radical (unpaired) electrons. The molecule has 0 spiro atoms. The van der Waals surface area contributed by atoms with E-state index in [4.69, 9.17) is 20.3 Å². The molecule has 0 aliphatic rings. The minimum absolute atomic E-state index is 0.0542. The van der Waals surface area contributed by atoms with E-state index in [2.05, 4.69) is 0 Å². The predicted octanol–water partition coefficient (Wildman–Crippen LogP) is 2.55. The number of carbonyl (C=O) groups is 1. The summed E-state index contributed by atoms with van der Waals surface area (Å²) in [5.41, 5.74) is 7.01. The van der Waals surface area contributed by atoms with E-state index in [0.29, 0.717) is 5.69 Å². The third-order valence-corrected chi connectivity index (χ3v) is 2.82. The summed E-state index contributed by atoms with van der Waals surface area (Å²) in [4.78, 5) is 11.1. The first-order valence-electron chi connectivity index (χ1n) is 5.99. The van der Waals surface area contributed by atoms with Crippen molar-refractivity contribution in [1.82, 2.24) is 0 Å². The summed E-state index contributed by atoms with van der Waals surface area (Å²) in [5.74, 6) is -0.128. The van der Waals surface area contributed by atoms with Crippen LogP contribution in [-0.4, -0.2) is 18.2 Å². The van der Waals surface area contributed by atoms with Crippen LogP contribution in [-0.2, 0) is 6.61 Å². The number of rotatable bonds is 5. The van der Waals surface area contributed by atoms with Crippen LogP contribution >= 0.6 is 0 Å². The Hall–Kier alpha value is -2.69. The number of anilines is 1. The Kier molecular flexibility index (Phi) is 4.10. The van der Waals surface area contributed by atoms with E-state index in [-0.39, 0.29) is 17.9 Å². The number of ether oxygens (including phenoxy) is 2. The van der Waals surface area contributed by atoms with E-state index in [9.17, 15) is 4.79 Å². The Morgan fingerprint density at radius 1 is 1.20 bits per heavy atom. The van der Waals surface area contributed by atoms with Gasteiger partial charge in [-0.3, -0.25) is 0 Å². The normalized spacial score (nSPS) is 10.1. The molecule has 0 amide bonds. The van der Waals surface area contributed by atoms with Gasteiger partial charge in [0, 0.05) is 0 Å². The van der Waals surface area contributed by atoms with Crippen molar-refractivity contribution in [3.63, 3.8) is 0 Å². The molecule has 5 heteroatoms. The first-order chi connectivity index (χ1) is 9.61. The van der Waals surface area contributed by atoms with Crippen molar-refractivity contribution >= 4 is 11.7 Å². The van der Waals surface area contributed by atoms with Crippen LogP contribution in [0.2, 0.25) is 0 Å². The zero-order valence-electron chi connectivity index (χ0n) is 11.0. The van der Waals surface area contributed by atoms with Crippen LogP contribution in [0.25, 0.3) is 0 Å². The molecule has 0 saturated heterocycles. The maximum Gasteiger partial charge on any atom is 0.339 e. The fraction of sp³-hybridized carbons (Fsp3) is 0.133. The summed E-state index contributed by atoms with van der Waals surface area (Å²) >= 11 is 0. The zero-order valence-corrected chi connectivity index (χ0v) is 11.0. The molecule has 0 unspecified atom stereocenters. The molecule has 2 aromatic rings. The van der Waals surface area contributed by atoms with Gasteiger partial charge in [0.25, 0.3) is 0 Å². The van der Waals surface area contributed by atoms with Gasteiger partial charge in [-0.15, -0.1) is 0 Å².